The summed E-state index contributed by atoms with van der Waals surface area (Å²) < 4.78 is 23.1. The number of carbonyl (C=O) groups is 1. The third kappa shape index (κ3) is 3.91. The van der Waals surface area contributed by atoms with Gasteiger partial charge in [0.15, 0.2) is 6.61 Å². The Morgan fingerprint density at radius 2 is 2.32 bits per heavy atom. The molecule has 2 aromatic rings. The normalized spacial score (nSPS) is 10.8. The van der Waals surface area contributed by atoms with Crippen molar-refractivity contribution in [3.63, 3.8) is 0 Å². The topological polar surface area (TPSA) is 85.5 Å². The van der Waals surface area contributed by atoms with Crippen molar-refractivity contribution in [3.05, 3.63) is 47.9 Å². The van der Waals surface area contributed by atoms with Crippen LogP contribution in [0.2, 0.25) is 0 Å². The summed E-state index contributed by atoms with van der Waals surface area (Å²) >= 11 is 0. The number of rotatable bonds is 5. The van der Waals surface area contributed by atoms with Gasteiger partial charge in [-0.25, -0.2) is 9.18 Å². The SMILES string of the molecule is O=C(O)/C=C/c1cc(F)cc(OCc2ncon2)c1. The quantitative estimate of drug-likeness (QED) is 0.830. The Labute approximate surface area is 107 Å². The Morgan fingerprint density at radius 1 is 1.47 bits per heavy atom. The van der Waals surface area contributed by atoms with E-state index in [1.807, 2.05) is 0 Å². The van der Waals surface area contributed by atoms with Gasteiger partial charge in [0.25, 0.3) is 0 Å². The highest BCUT2D eigenvalue weighted by Crippen LogP contribution is 2.18. The van der Waals surface area contributed by atoms with E-state index >= 15 is 0 Å². The van der Waals surface area contributed by atoms with E-state index < -0.39 is 11.8 Å². The van der Waals surface area contributed by atoms with E-state index in [1.165, 1.54) is 24.3 Å². The van der Waals surface area contributed by atoms with Gasteiger partial charge in [0.05, 0.1) is 0 Å². The monoisotopic (exact) mass is 264 g/mol. The third-order valence-electron chi connectivity index (χ3n) is 2.09. The van der Waals surface area contributed by atoms with Crippen LogP contribution in [0.1, 0.15) is 11.4 Å². The van der Waals surface area contributed by atoms with Gasteiger partial charge in [-0.15, -0.1) is 0 Å². The van der Waals surface area contributed by atoms with Crippen LogP contribution in [0.5, 0.6) is 5.75 Å². The van der Waals surface area contributed by atoms with Crippen molar-refractivity contribution in [3.8, 4) is 5.75 Å². The Kier molecular flexibility index (Phi) is 3.87. The van der Waals surface area contributed by atoms with Crippen molar-refractivity contribution < 1.29 is 23.6 Å². The minimum atomic E-state index is -1.11. The highest BCUT2D eigenvalue weighted by Gasteiger charge is 2.03. The number of hydrogen-bond acceptors (Lipinski definition) is 5. The summed E-state index contributed by atoms with van der Waals surface area (Å²) in [4.78, 5) is 14.1. The zero-order chi connectivity index (χ0) is 13.7. The zero-order valence-electron chi connectivity index (χ0n) is 9.62. The van der Waals surface area contributed by atoms with Gasteiger partial charge in [-0.05, 0) is 23.8 Å². The lowest BCUT2D eigenvalue weighted by Gasteiger charge is -2.04. The largest absolute Gasteiger partial charge is 0.485 e. The number of hydrogen-bond donors (Lipinski definition) is 1. The lowest BCUT2D eigenvalue weighted by Crippen LogP contribution is -1.98. The van der Waals surface area contributed by atoms with Crippen LogP contribution in [0.15, 0.2) is 35.2 Å². The molecule has 0 aliphatic carbocycles. The van der Waals surface area contributed by atoms with Gasteiger partial charge in [-0.1, -0.05) is 5.16 Å². The van der Waals surface area contributed by atoms with E-state index in [0.29, 0.717) is 11.4 Å². The minimum absolute atomic E-state index is 0.0298. The van der Waals surface area contributed by atoms with Crippen molar-refractivity contribution in [2.75, 3.05) is 0 Å². The summed E-state index contributed by atoms with van der Waals surface area (Å²) in [7, 11) is 0. The molecule has 98 valence electrons. The second kappa shape index (κ2) is 5.76. The molecule has 0 unspecified atom stereocenters. The number of carboxylic acids is 1. The first-order chi connectivity index (χ1) is 9.13. The second-order valence-corrected chi connectivity index (χ2v) is 3.53. The number of ether oxygens (including phenoxy) is 1. The molecule has 0 saturated heterocycles. The van der Waals surface area contributed by atoms with Gasteiger partial charge in [-0.2, -0.15) is 4.98 Å². The molecular formula is C12H9FN2O4. The predicted octanol–water partition coefficient (Wildman–Crippen LogP) is 1.89. The fourth-order valence-corrected chi connectivity index (χ4v) is 1.34. The molecule has 1 N–H and O–H groups in total. The number of aromatic nitrogens is 2. The molecule has 0 spiro atoms. The highest BCUT2D eigenvalue weighted by molar-refractivity contribution is 5.85. The maximum Gasteiger partial charge on any atom is 0.328 e. The van der Waals surface area contributed by atoms with Crippen LogP contribution in [-0.2, 0) is 11.4 Å². The fraction of sp³-hybridized carbons (Fsp3) is 0.0833. The Bertz CT molecular complexity index is 596. The number of benzene rings is 1. The first kappa shape index (κ1) is 12.7. The van der Waals surface area contributed by atoms with Crippen LogP contribution in [0.25, 0.3) is 6.08 Å². The number of halogens is 1. The van der Waals surface area contributed by atoms with Gasteiger partial charge < -0.3 is 14.4 Å². The number of nitrogens with zero attached hydrogens (tertiary/aromatic N) is 2. The van der Waals surface area contributed by atoms with Crippen molar-refractivity contribution in [2.45, 2.75) is 6.61 Å². The Balaban J connectivity index is 2.10. The van der Waals surface area contributed by atoms with Gasteiger partial charge in [0.2, 0.25) is 12.2 Å². The maximum atomic E-state index is 13.3. The van der Waals surface area contributed by atoms with Crippen LogP contribution in [-0.4, -0.2) is 21.2 Å². The van der Waals surface area contributed by atoms with Crippen LogP contribution in [0, 0.1) is 5.82 Å². The Morgan fingerprint density at radius 3 is 3.00 bits per heavy atom. The smallest absolute Gasteiger partial charge is 0.328 e. The molecule has 19 heavy (non-hydrogen) atoms. The third-order valence-corrected chi connectivity index (χ3v) is 2.09. The first-order valence-corrected chi connectivity index (χ1v) is 5.23. The van der Waals surface area contributed by atoms with E-state index in [1.54, 1.807) is 0 Å². The molecular weight excluding hydrogens is 255 g/mol. The summed E-state index contributed by atoms with van der Waals surface area (Å²) in [5.74, 6) is -1.07. The van der Waals surface area contributed by atoms with Crippen LogP contribution in [0.3, 0.4) is 0 Å². The molecule has 0 aliphatic heterocycles. The summed E-state index contributed by atoms with van der Waals surface area (Å²) in [5.41, 5.74) is 0.380. The Hall–Kier alpha value is -2.70. The van der Waals surface area contributed by atoms with Crippen molar-refractivity contribution in [1.82, 2.24) is 10.1 Å². The second-order valence-electron chi connectivity index (χ2n) is 3.53. The van der Waals surface area contributed by atoms with E-state index in [-0.39, 0.29) is 12.4 Å². The fourth-order valence-electron chi connectivity index (χ4n) is 1.34. The maximum absolute atomic E-state index is 13.3. The van der Waals surface area contributed by atoms with E-state index in [9.17, 15) is 9.18 Å². The van der Waals surface area contributed by atoms with Gasteiger partial charge in [-0.3, -0.25) is 0 Å². The molecule has 0 atom stereocenters. The van der Waals surface area contributed by atoms with E-state index in [2.05, 4.69) is 14.7 Å². The van der Waals surface area contributed by atoms with Gasteiger partial charge in [0, 0.05) is 12.1 Å². The number of carboxylic acid groups (broad SMARTS) is 1. The van der Waals surface area contributed by atoms with Crippen LogP contribution < -0.4 is 4.74 Å². The molecule has 0 radical (unpaired) electrons. The standard InChI is InChI=1S/C12H9FN2O4/c13-9-3-8(1-2-12(16)17)4-10(5-9)18-6-11-14-7-19-15-11/h1-5,7H,6H2,(H,16,17)/b2-1+. The first-order valence-electron chi connectivity index (χ1n) is 5.23. The molecule has 0 aliphatic rings. The summed E-state index contributed by atoms with van der Waals surface area (Å²) in [6.45, 7) is 0.0298. The van der Waals surface area contributed by atoms with Crippen LogP contribution in [0.4, 0.5) is 4.39 Å². The molecule has 1 aromatic heterocycles. The average Bonchev–Trinajstić information content (AvgIpc) is 2.86. The zero-order valence-corrected chi connectivity index (χ0v) is 9.62. The molecule has 0 fully saturated rings. The minimum Gasteiger partial charge on any atom is -0.485 e. The molecule has 7 heteroatoms. The van der Waals surface area contributed by atoms with Gasteiger partial charge >= 0.3 is 5.97 Å². The van der Waals surface area contributed by atoms with Crippen LogP contribution >= 0.6 is 0 Å². The molecule has 6 nitrogen and oxygen atoms in total. The summed E-state index contributed by atoms with van der Waals surface area (Å²) in [6.07, 6.45) is 3.34. The average molecular weight is 264 g/mol. The van der Waals surface area contributed by atoms with Crippen molar-refractivity contribution >= 4 is 12.0 Å². The predicted molar refractivity (Wildman–Crippen MR) is 61.7 cm³/mol. The van der Waals surface area contributed by atoms with E-state index in [4.69, 9.17) is 9.84 Å². The van der Waals surface area contributed by atoms with Gasteiger partial charge in [0.1, 0.15) is 11.6 Å². The number of aliphatic carboxylic acids is 1. The highest BCUT2D eigenvalue weighted by atomic mass is 19.1. The molecule has 0 amide bonds. The van der Waals surface area contributed by atoms with Crippen molar-refractivity contribution in [1.29, 1.82) is 0 Å². The lowest BCUT2D eigenvalue weighted by molar-refractivity contribution is -0.131. The molecule has 2 rings (SSSR count). The molecule has 1 aromatic carbocycles. The summed E-state index contributed by atoms with van der Waals surface area (Å²) in [5, 5.41) is 12.0. The lowest BCUT2D eigenvalue weighted by atomic mass is 10.2. The van der Waals surface area contributed by atoms with E-state index in [0.717, 1.165) is 12.5 Å². The molecule has 0 saturated carbocycles. The summed E-state index contributed by atoms with van der Waals surface area (Å²) in [6, 6.07) is 3.88. The molecule has 1 heterocycles. The molecule has 0 bridgehead atoms. The van der Waals surface area contributed by atoms with Crippen molar-refractivity contribution in [2.24, 2.45) is 0 Å².